The summed E-state index contributed by atoms with van der Waals surface area (Å²) in [7, 11) is 1.41. The fourth-order valence-electron chi connectivity index (χ4n) is 2.04. The van der Waals surface area contributed by atoms with Crippen molar-refractivity contribution in [2.24, 2.45) is 0 Å². The largest absolute Gasteiger partial charge is 0.496 e. The fraction of sp³-hybridized carbons (Fsp3) is 0.105. The Bertz CT molecular complexity index is 895. The van der Waals surface area contributed by atoms with Gasteiger partial charge in [0, 0.05) is 16.1 Å². The molecule has 1 N–H and O–H groups in total. The van der Waals surface area contributed by atoms with Crippen molar-refractivity contribution >= 4 is 47.1 Å². The normalized spacial score (nSPS) is 10.5. The molecule has 0 saturated carbocycles. The third-order valence-corrected chi connectivity index (χ3v) is 3.87. The number of nitrogens with one attached hydrogen (secondary N) is 1. The maximum Gasteiger partial charge on any atom is 0.331 e. The van der Waals surface area contributed by atoms with Crippen LogP contribution in [0, 0.1) is 0 Å². The lowest BCUT2D eigenvalue weighted by Crippen LogP contribution is -2.34. The van der Waals surface area contributed by atoms with Gasteiger partial charge in [0.2, 0.25) is 0 Å². The van der Waals surface area contributed by atoms with E-state index in [9.17, 15) is 14.4 Å². The minimum Gasteiger partial charge on any atom is -0.496 e. The second-order valence-corrected chi connectivity index (χ2v) is 6.03. The smallest absolute Gasteiger partial charge is 0.331 e. The van der Waals surface area contributed by atoms with Crippen LogP contribution in [0.1, 0.15) is 15.9 Å². The van der Waals surface area contributed by atoms with Crippen molar-refractivity contribution in [3.63, 3.8) is 0 Å². The van der Waals surface area contributed by atoms with E-state index in [0.717, 1.165) is 6.08 Å². The Hall–Kier alpha value is -2.83. The molecule has 27 heavy (non-hydrogen) atoms. The summed E-state index contributed by atoms with van der Waals surface area (Å²) in [5, 5.41) is 2.96. The minimum absolute atomic E-state index is 0.192. The fourth-order valence-corrected chi connectivity index (χ4v) is 2.51. The Morgan fingerprint density at radius 2 is 1.85 bits per heavy atom. The monoisotopic (exact) mass is 407 g/mol. The van der Waals surface area contributed by atoms with Gasteiger partial charge in [-0.1, -0.05) is 41.4 Å². The summed E-state index contributed by atoms with van der Waals surface area (Å²) in [6.07, 6.45) is 2.54. The molecule has 0 bridgehead atoms. The van der Waals surface area contributed by atoms with Crippen LogP contribution in [-0.2, 0) is 14.3 Å². The first-order valence-corrected chi connectivity index (χ1v) is 8.43. The molecular weight excluding hydrogens is 393 g/mol. The lowest BCUT2D eigenvalue weighted by atomic mass is 10.2. The zero-order valence-electron chi connectivity index (χ0n) is 14.2. The molecule has 0 unspecified atom stereocenters. The summed E-state index contributed by atoms with van der Waals surface area (Å²) in [6, 6.07) is 11.2. The summed E-state index contributed by atoms with van der Waals surface area (Å²) in [6.45, 7) is -0.613. The molecule has 0 aliphatic heterocycles. The lowest BCUT2D eigenvalue weighted by Gasteiger charge is -2.08. The van der Waals surface area contributed by atoms with E-state index in [1.807, 2.05) is 0 Å². The molecule has 2 amide bonds. The maximum atomic E-state index is 12.1. The molecular formula is C19H15Cl2NO5. The molecule has 0 spiro atoms. The van der Waals surface area contributed by atoms with E-state index in [-0.39, 0.29) is 5.56 Å². The predicted molar refractivity (Wildman–Crippen MR) is 102 cm³/mol. The van der Waals surface area contributed by atoms with E-state index in [1.54, 1.807) is 30.3 Å². The Balaban J connectivity index is 1.86. The van der Waals surface area contributed by atoms with Gasteiger partial charge in [0.15, 0.2) is 6.61 Å². The number of benzene rings is 2. The maximum absolute atomic E-state index is 12.1. The highest BCUT2D eigenvalue weighted by molar-refractivity contribution is 6.35. The molecule has 8 heteroatoms. The number of halogens is 2. The van der Waals surface area contributed by atoms with Gasteiger partial charge in [-0.15, -0.1) is 0 Å². The van der Waals surface area contributed by atoms with Gasteiger partial charge in [-0.3, -0.25) is 14.9 Å². The van der Waals surface area contributed by atoms with Gasteiger partial charge in [-0.2, -0.15) is 0 Å². The van der Waals surface area contributed by atoms with Gasteiger partial charge in [0.05, 0.1) is 12.7 Å². The first-order chi connectivity index (χ1) is 12.9. The third kappa shape index (κ3) is 6.13. The number of hydrogen-bond donors (Lipinski definition) is 1. The van der Waals surface area contributed by atoms with Crippen molar-refractivity contribution in [2.45, 2.75) is 0 Å². The van der Waals surface area contributed by atoms with Crippen molar-refractivity contribution < 1.29 is 23.9 Å². The number of carbonyl (C=O) groups excluding carboxylic acids is 3. The van der Waals surface area contributed by atoms with E-state index in [2.05, 4.69) is 5.32 Å². The van der Waals surface area contributed by atoms with Crippen molar-refractivity contribution in [3.8, 4) is 5.75 Å². The summed E-state index contributed by atoms with van der Waals surface area (Å²) in [5.74, 6) is -1.86. The van der Waals surface area contributed by atoms with Gasteiger partial charge in [0.1, 0.15) is 5.75 Å². The van der Waals surface area contributed by atoms with Crippen LogP contribution in [0.15, 0.2) is 48.5 Å². The summed E-state index contributed by atoms with van der Waals surface area (Å²) in [4.78, 5) is 35.5. The van der Waals surface area contributed by atoms with Crippen LogP contribution in [0.25, 0.3) is 6.08 Å². The molecule has 2 rings (SSSR count). The van der Waals surface area contributed by atoms with Gasteiger partial charge in [0.25, 0.3) is 11.8 Å². The molecule has 0 radical (unpaired) electrons. The van der Waals surface area contributed by atoms with Gasteiger partial charge >= 0.3 is 5.97 Å². The molecule has 0 fully saturated rings. The number of imide groups is 1. The van der Waals surface area contributed by atoms with E-state index >= 15 is 0 Å². The second-order valence-electron chi connectivity index (χ2n) is 5.18. The van der Waals surface area contributed by atoms with Gasteiger partial charge in [-0.25, -0.2) is 4.79 Å². The van der Waals surface area contributed by atoms with Crippen LogP contribution >= 0.6 is 23.2 Å². The molecule has 0 atom stereocenters. The highest BCUT2D eigenvalue weighted by Gasteiger charge is 2.15. The van der Waals surface area contributed by atoms with Crippen LogP contribution in [0.4, 0.5) is 0 Å². The number of rotatable bonds is 6. The molecule has 140 valence electrons. The second kappa shape index (κ2) is 9.75. The standard InChI is InChI=1S/C19H15Cl2NO5/c1-26-16-5-3-2-4-14(16)19(25)22-17(23)11-27-18(24)9-7-12-6-8-13(20)10-15(12)21/h2-10H,11H2,1H3,(H,22,23,25)/b9-7+. The number of carbonyl (C=O) groups is 3. The molecule has 0 saturated heterocycles. The number of ether oxygens (including phenoxy) is 2. The number of amides is 2. The highest BCUT2D eigenvalue weighted by Crippen LogP contribution is 2.22. The Kier molecular flexibility index (Phi) is 7.40. The quantitative estimate of drug-likeness (QED) is 0.585. The molecule has 0 aliphatic rings. The predicted octanol–water partition coefficient (Wildman–Crippen LogP) is 3.52. The summed E-state index contributed by atoms with van der Waals surface area (Å²) in [5.41, 5.74) is 0.755. The molecule has 2 aromatic rings. The van der Waals surface area contributed by atoms with E-state index in [0.29, 0.717) is 21.4 Å². The van der Waals surface area contributed by atoms with Crippen LogP contribution in [0.2, 0.25) is 10.0 Å². The molecule has 0 heterocycles. The van der Waals surface area contributed by atoms with Crippen LogP contribution in [-0.4, -0.2) is 31.5 Å². The topological polar surface area (TPSA) is 81.7 Å². The Morgan fingerprint density at radius 1 is 1.11 bits per heavy atom. The zero-order valence-corrected chi connectivity index (χ0v) is 15.7. The van der Waals surface area contributed by atoms with Crippen LogP contribution in [0.3, 0.4) is 0 Å². The van der Waals surface area contributed by atoms with E-state index < -0.39 is 24.4 Å². The summed E-state index contributed by atoms with van der Waals surface area (Å²) >= 11 is 11.8. The average molecular weight is 408 g/mol. The third-order valence-electron chi connectivity index (χ3n) is 3.31. The first kappa shape index (κ1) is 20.5. The number of esters is 1. The van der Waals surface area contributed by atoms with Crippen molar-refractivity contribution in [2.75, 3.05) is 13.7 Å². The summed E-state index contributed by atoms with van der Waals surface area (Å²) < 4.78 is 9.84. The Morgan fingerprint density at radius 3 is 2.56 bits per heavy atom. The van der Waals surface area contributed by atoms with Crippen LogP contribution in [0.5, 0.6) is 5.75 Å². The minimum atomic E-state index is -0.766. The molecule has 0 aromatic heterocycles. The SMILES string of the molecule is COc1ccccc1C(=O)NC(=O)COC(=O)/C=C/c1ccc(Cl)cc1Cl. The average Bonchev–Trinajstić information content (AvgIpc) is 2.65. The van der Waals surface area contributed by atoms with Crippen LogP contribution < -0.4 is 10.1 Å². The highest BCUT2D eigenvalue weighted by atomic mass is 35.5. The molecule has 0 aliphatic carbocycles. The number of hydrogen-bond acceptors (Lipinski definition) is 5. The van der Waals surface area contributed by atoms with Gasteiger partial charge in [-0.05, 0) is 35.9 Å². The van der Waals surface area contributed by atoms with Crippen molar-refractivity contribution in [1.29, 1.82) is 0 Å². The van der Waals surface area contributed by atoms with Crippen molar-refractivity contribution in [3.05, 3.63) is 69.7 Å². The molecule has 2 aromatic carbocycles. The van der Waals surface area contributed by atoms with Crippen molar-refractivity contribution in [1.82, 2.24) is 5.32 Å². The van der Waals surface area contributed by atoms with Gasteiger partial charge < -0.3 is 9.47 Å². The van der Waals surface area contributed by atoms with E-state index in [4.69, 9.17) is 32.7 Å². The number of para-hydroxylation sites is 1. The lowest BCUT2D eigenvalue weighted by molar-refractivity contribution is -0.143. The Labute approximate surface area is 165 Å². The zero-order chi connectivity index (χ0) is 19.8. The first-order valence-electron chi connectivity index (χ1n) is 7.68. The number of methoxy groups -OCH3 is 1. The van der Waals surface area contributed by atoms with E-state index in [1.165, 1.54) is 25.3 Å². The molecule has 6 nitrogen and oxygen atoms in total.